The standard InChI is InChI=1S/C20H25N3O5/c1-14(2)13-17(20(26)27-3)21-19(25)16-9-10-18(24)23(22-16)11-12-28-15-7-5-4-6-8-15/h4-10,14,17H,11-13H2,1-3H3,(H,21,25). The molecule has 2 rings (SSSR count). The molecule has 28 heavy (non-hydrogen) atoms. The molecule has 0 bridgehead atoms. The molecule has 0 aliphatic carbocycles. The van der Waals surface area contributed by atoms with E-state index in [0.717, 1.165) is 4.68 Å². The van der Waals surface area contributed by atoms with Gasteiger partial charge in [0, 0.05) is 6.07 Å². The SMILES string of the molecule is COC(=O)C(CC(C)C)NC(=O)c1ccc(=O)n(CCOc2ccccc2)n1. The van der Waals surface area contributed by atoms with Gasteiger partial charge in [-0.2, -0.15) is 5.10 Å². The zero-order chi connectivity index (χ0) is 20.5. The van der Waals surface area contributed by atoms with E-state index in [0.29, 0.717) is 12.2 Å². The molecule has 1 amide bonds. The largest absolute Gasteiger partial charge is 0.492 e. The molecule has 1 aromatic carbocycles. The molecule has 0 spiro atoms. The van der Waals surface area contributed by atoms with Crippen molar-refractivity contribution in [2.45, 2.75) is 32.9 Å². The lowest BCUT2D eigenvalue weighted by Crippen LogP contribution is -2.43. The zero-order valence-corrected chi connectivity index (χ0v) is 16.3. The van der Waals surface area contributed by atoms with Gasteiger partial charge in [0.05, 0.1) is 13.7 Å². The maximum absolute atomic E-state index is 12.5. The molecule has 2 aromatic rings. The lowest BCUT2D eigenvalue weighted by atomic mass is 10.0. The summed E-state index contributed by atoms with van der Waals surface area (Å²) in [6.45, 7) is 4.28. The molecule has 1 heterocycles. The van der Waals surface area contributed by atoms with E-state index in [1.165, 1.54) is 19.2 Å². The van der Waals surface area contributed by atoms with Crippen molar-refractivity contribution >= 4 is 11.9 Å². The molecule has 150 valence electrons. The van der Waals surface area contributed by atoms with Crippen LogP contribution in [0.15, 0.2) is 47.3 Å². The summed E-state index contributed by atoms with van der Waals surface area (Å²) in [6.07, 6.45) is 0.434. The minimum absolute atomic E-state index is 0.0389. The zero-order valence-electron chi connectivity index (χ0n) is 16.3. The Morgan fingerprint density at radius 2 is 1.86 bits per heavy atom. The van der Waals surface area contributed by atoms with Gasteiger partial charge in [0.1, 0.15) is 24.1 Å². The highest BCUT2D eigenvalue weighted by Gasteiger charge is 2.24. The molecule has 0 fully saturated rings. The third-order valence-electron chi connectivity index (χ3n) is 3.91. The maximum Gasteiger partial charge on any atom is 0.328 e. The number of para-hydroxylation sites is 1. The number of carbonyl (C=O) groups is 2. The van der Waals surface area contributed by atoms with Crippen molar-refractivity contribution in [2.75, 3.05) is 13.7 Å². The molecule has 8 heteroatoms. The molecule has 1 atom stereocenters. The number of amides is 1. The van der Waals surface area contributed by atoms with Crippen LogP contribution >= 0.6 is 0 Å². The topological polar surface area (TPSA) is 99.5 Å². The van der Waals surface area contributed by atoms with E-state index in [1.807, 2.05) is 44.2 Å². The van der Waals surface area contributed by atoms with Crippen LogP contribution < -0.4 is 15.6 Å². The second-order valence-corrected chi connectivity index (χ2v) is 6.62. The molecule has 0 saturated heterocycles. The number of nitrogens with zero attached hydrogens (tertiary/aromatic N) is 2. The van der Waals surface area contributed by atoms with Crippen LogP contribution in [0.1, 0.15) is 30.8 Å². The maximum atomic E-state index is 12.5. The summed E-state index contributed by atoms with van der Waals surface area (Å²) in [4.78, 5) is 36.4. The normalized spacial score (nSPS) is 11.7. The van der Waals surface area contributed by atoms with Crippen LogP contribution in [-0.4, -0.2) is 41.4 Å². The van der Waals surface area contributed by atoms with Crippen LogP contribution in [0.25, 0.3) is 0 Å². The average molecular weight is 387 g/mol. The Bertz CT molecular complexity index is 848. The van der Waals surface area contributed by atoms with Crippen molar-refractivity contribution in [3.63, 3.8) is 0 Å². The first-order valence-corrected chi connectivity index (χ1v) is 9.05. The molecule has 0 aliphatic heterocycles. The van der Waals surface area contributed by atoms with Crippen LogP contribution in [0, 0.1) is 5.92 Å². The molecule has 0 aliphatic rings. The quantitative estimate of drug-likeness (QED) is 0.657. The van der Waals surface area contributed by atoms with Crippen LogP contribution in [0.3, 0.4) is 0 Å². The van der Waals surface area contributed by atoms with Crippen LogP contribution in [0.4, 0.5) is 0 Å². The number of hydrogen-bond donors (Lipinski definition) is 1. The number of carbonyl (C=O) groups excluding carboxylic acids is 2. The average Bonchev–Trinajstić information content (AvgIpc) is 2.68. The van der Waals surface area contributed by atoms with Gasteiger partial charge in [-0.15, -0.1) is 0 Å². The van der Waals surface area contributed by atoms with Crippen molar-refractivity contribution in [1.82, 2.24) is 15.1 Å². The van der Waals surface area contributed by atoms with E-state index >= 15 is 0 Å². The van der Waals surface area contributed by atoms with Crippen molar-refractivity contribution in [2.24, 2.45) is 5.92 Å². The van der Waals surface area contributed by atoms with Gasteiger partial charge in [-0.1, -0.05) is 32.0 Å². The van der Waals surface area contributed by atoms with Crippen molar-refractivity contribution in [3.8, 4) is 5.75 Å². The Kier molecular flexibility index (Phi) is 7.74. The molecular weight excluding hydrogens is 362 g/mol. The van der Waals surface area contributed by atoms with Gasteiger partial charge in [0.15, 0.2) is 0 Å². The van der Waals surface area contributed by atoms with Gasteiger partial charge in [0.25, 0.3) is 11.5 Å². The minimum atomic E-state index is -0.777. The lowest BCUT2D eigenvalue weighted by molar-refractivity contribution is -0.143. The number of methoxy groups -OCH3 is 1. The Morgan fingerprint density at radius 1 is 1.14 bits per heavy atom. The number of esters is 1. The number of nitrogens with one attached hydrogen (secondary N) is 1. The van der Waals surface area contributed by atoms with Crippen molar-refractivity contribution in [1.29, 1.82) is 0 Å². The Labute approximate surface area is 163 Å². The van der Waals surface area contributed by atoms with Crippen LogP contribution in [0.5, 0.6) is 5.75 Å². The predicted octanol–water partition coefficient (Wildman–Crippen LogP) is 1.64. The van der Waals surface area contributed by atoms with E-state index in [9.17, 15) is 14.4 Å². The summed E-state index contributed by atoms with van der Waals surface area (Å²) < 4.78 is 11.5. The summed E-state index contributed by atoms with van der Waals surface area (Å²) in [5.74, 6) is -0.207. The molecule has 1 aromatic heterocycles. The molecule has 0 radical (unpaired) electrons. The number of aromatic nitrogens is 2. The lowest BCUT2D eigenvalue weighted by Gasteiger charge is -2.18. The first kappa shape index (κ1) is 21.1. The predicted molar refractivity (Wildman–Crippen MR) is 103 cm³/mol. The fourth-order valence-corrected chi connectivity index (χ4v) is 2.56. The van der Waals surface area contributed by atoms with E-state index in [1.54, 1.807) is 0 Å². The van der Waals surface area contributed by atoms with E-state index < -0.39 is 17.9 Å². The van der Waals surface area contributed by atoms with Gasteiger partial charge in [-0.3, -0.25) is 9.59 Å². The summed E-state index contributed by atoms with van der Waals surface area (Å²) in [5.41, 5.74) is -0.308. The fraction of sp³-hybridized carbons (Fsp3) is 0.400. The Balaban J connectivity index is 2.04. The summed E-state index contributed by atoms with van der Waals surface area (Å²) in [7, 11) is 1.27. The molecule has 1 unspecified atom stereocenters. The molecule has 1 N–H and O–H groups in total. The second kappa shape index (κ2) is 10.2. The van der Waals surface area contributed by atoms with E-state index in [2.05, 4.69) is 10.4 Å². The van der Waals surface area contributed by atoms with Crippen molar-refractivity contribution in [3.05, 3.63) is 58.5 Å². The van der Waals surface area contributed by atoms with Crippen LogP contribution in [0.2, 0.25) is 0 Å². The van der Waals surface area contributed by atoms with Gasteiger partial charge >= 0.3 is 5.97 Å². The monoisotopic (exact) mass is 387 g/mol. The first-order valence-electron chi connectivity index (χ1n) is 9.05. The van der Waals surface area contributed by atoms with E-state index in [4.69, 9.17) is 9.47 Å². The van der Waals surface area contributed by atoms with Gasteiger partial charge in [0.2, 0.25) is 0 Å². The molecule has 0 saturated carbocycles. The fourth-order valence-electron chi connectivity index (χ4n) is 2.56. The van der Waals surface area contributed by atoms with E-state index in [-0.39, 0.29) is 30.3 Å². The number of hydrogen-bond acceptors (Lipinski definition) is 6. The summed E-state index contributed by atoms with van der Waals surface area (Å²) >= 11 is 0. The summed E-state index contributed by atoms with van der Waals surface area (Å²) in [5, 5.41) is 6.70. The molecule has 8 nitrogen and oxygen atoms in total. The Hall–Kier alpha value is -3.16. The van der Waals surface area contributed by atoms with Crippen molar-refractivity contribution < 1.29 is 19.1 Å². The minimum Gasteiger partial charge on any atom is -0.492 e. The third kappa shape index (κ3) is 6.22. The van der Waals surface area contributed by atoms with Gasteiger partial charge < -0.3 is 14.8 Å². The second-order valence-electron chi connectivity index (χ2n) is 6.62. The number of rotatable bonds is 9. The van der Waals surface area contributed by atoms with Gasteiger partial charge in [-0.25, -0.2) is 9.48 Å². The third-order valence-corrected chi connectivity index (χ3v) is 3.91. The highest BCUT2D eigenvalue weighted by molar-refractivity contribution is 5.95. The highest BCUT2D eigenvalue weighted by Crippen LogP contribution is 2.08. The van der Waals surface area contributed by atoms with Crippen LogP contribution in [-0.2, 0) is 16.1 Å². The number of ether oxygens (including phenoxy) is 2. The summed E-state index contributed by atoms with van der Waals surface area (Å²) in [6, 6.07) is 11.0. The highest BCUT2D eigenvalue weighted by atomic mass is 16.5. The first-order chi connectivity index (χ1) is 13.4. The number of benzene rings is 1. The smallest absolute Gasteiger partial charge is 0.328 e. The van der Waals surface area contributed by atoms with Gasteiger partial charge in [-0.05, 0) is 30.5 Å². The Morgan fingerprint density at radius 3 is 2.50 bits per heavy atom. The molecular formula is C20H25N3O5.